The number of carbonyl (C=O) groups is 1. The summed E-state index contributed by atoms with van der Waals surface area (Å²) in [5.41, 5.74) is 1.95. The van der Waals surface area contributed by atoms with Gasteiger partial charge in [0.2, 0.25) is 0 Å². The Labute approximate surface area is 134 Å². The summed E-state index contributed by atoms with van der Waals surface area (Å²) in [7, 11) is 0. The highest BCUT2D eigenvalue weighted by Gasteiger charge is 2.42. The number of nitrogens with zero attached hydrogens (tertiary/aromatic N) is 2. The Morgan fingerprint density at radius 1 is 1.26 bits per heavy atom. The van der Waals surface area contributed by atoms with Gasteiger partial charge in [-0.1, -0.05) is 0 Å². The number of ketones is 1. The van der Waals surface area contributed by atoms with Gasteiger partial charge in [0.05, 0.1) is 10.9 Å². The SMILES string of the molecule is CC(=O)c1cc(C)cc2c(=O)n3c(nc12)C1(CCOCC1)CC3. The Balaban J connectivity index is 2.05. The number of benzene rings is 1. The van der Waals surface area contributed by atoms with Crippen LogP contribution < -0.4 is 5.56 Å². The van der Waals surface area contributed by atoms with E-state index in [0.29, 0.717) is 36.2 Å². The van der Waals surface area contributed by atoms with E-state index in [1.165, 1.54) is 6.92 Å². The summed E-state index contributed by atoms with van der Waals surface area (Å²) in [6.45, 7) is 5.57. The Kier molecular flexibility index (Phi) is 3.17. The summed E-state index contributed by atoms with van der Waals surface area (Å²) in [5.74, 6) is 0.805. The van der Waals surface area contributed by atoms with Crippen molar-refractivity contribution in [3.05, 3.63) is 39.4 Å². The van der Waals surface area contributed by atoms with Crippen LogP contribution in [0.3, 0.4) is 0 Å². The van der Waals surface area contributed by atoms with E-state index < -0.39 is 0 Å². The molecular formula is C18H20N2O3. The van der Waals surface area contributed by atoms with Crippen molar-refractivity contribution in [1.29, 1.82) is 0 Å². The predicted octanol–water partition coefficient (Wildman–Crippen LogP) is 2.36. The van der Waals surface area contributed by atoms with Crippen molar-refractivity contribution in [2.45, 2.75) is 45.1 Å². The van der Waals surface area contributed by atoms with Crippen LogP contribution >= 0.6 is 0 Å². The topological polar surface area (TPSA) is 61.2 Å². The quantitative estimate of drug-likeness (QED) is 0.758. The molecule has 1 saturated heterocycles. The molecule has 0 amide bonds. The molecule has 23 heavy (non-hydrogen) atoms. The number of Topliss-reactive ketones (excluding diaryl/α,β-unsaturated/α-hetero) is 1. The first-order valence-corrected chi connectivity index (χ1v) is 8.16. The maximum absolute atomic E-state index is 13.0. The molecule has 3 heterocycles. The van der Waals surface area contributed by atoms with Gasteiger partial charge in [-0.15, -0.1) is 0 Å². The Bertz CT molecular complexity index is 876. The van der Waals surface area contributed by atoms with Crippen molar-refractivity contribution in [1.82, 2.24) is 9.55 Å². The van der Waals surface area contributed by atoms with Gasteiger partial charge >= 0.3 is 0 Å². The molecule has 1 fully saturated rings. The molecule has 1 aromatic carbocycles. The Morgan fingerprint density at radius 2 is 2.00 bits per heavy atom. The van der Waals surface area contributed by atoms with Crippen LogP contribution in [0.15, 0.2) is 16.9 Å². The third-order valence-electron chi connectivity index (χ3n) is 5.32. The summed E-state index contributed by atoms with van der Waals surface area (Å²) >= 11 is 0. The number of ether oxygens (including phenoxy) is 1. The normalized spacial score (nSPS) is 19.2. The highest BCUT2D eigenvalue weighted by molar-refractivity contribution is 6.05. The second kappa shape index (κ2) is 4.99. The third-order valence-corrected chi connectivity index (χ3v) is 5.32. The zero-order valence-corrected chi connectivity index (χ0v) is 13.5. The van der Waals surface area contributed by atoms with E-state index >= 15 is 0 Å². The molecule has 0 aliphatic carbocycles. The molecule has 0 atom stereocenters. The van der Waals surface area contributed by atoms with E-state index in [0.717, 1.165) is 30.7 Å². The maximum atomic E-state index is 13.0. The first-order valence-electron chi connectivity index (χ1n) is 8.16. The fourth-order valence-electron chi connectivity index (χ4n) is 4.02. The average molecular weight is 312 g/mol. The summed E-state index contributed by atoms with van der Waals surface area (Å²) in [6, 6.07) is 3.68. The molecule has 0 radical (unpaired) electrons. The van der Waals surface area contributed by atoms with Gasteiger partial charge in [0, 0.05) is 30.7 Å². The molecule has 5 nitrogen and oxygen atoms in total. The lowest BCUT2D eigenvalue weighted by atomic mass is 9.78. The lowest BCUT2D eigenvalue weighted by Crippen LogP contribution is -2.34. The van der Waals surface area contributed by atoms with E-state index in [9.17, 15) is 9.59 Å². The van der Waals surface area contributed by atoms with Crippen molar-refractivity contribution in [3.8, 4) is 0 Å². The maximum Gasteiger partial charge on any atom is 0.261 e. The van der Waals surface area contributed by atoms with E-state index in [1.54, 1.807) is 0 Å². The lowest BCUT2D eigenvalue weighted by Gasteiger charge is -2.32. The molecule has 2 aliphatic rings. The van der Waals surface area contributed by atoms with Gasteiger partial charge in [0.1, 0.15) is 5.82 Å². The molecule has 0 unspecified atom stereocenters. The number of aromatic nitrogens is 2. The van der Waals surface area contributed by atoms with Crippen LogP contribution in [0.1, 0.15) is 47.9 Å². The van der Waals surface area contributed by atoms with Crippen LogP contribution in [0.5, 0.6) is 0 Å². The van der Waals surface area contributed by atoms with Crippen LogP contribution in [-0.4, -0.2) is 28.5 Å². The van der Waals surface area contributed by atoms with Gasteiger partial charge in [-0.3, -0.25) is 14.2 Å². The monoisotopic (exact) mass is 312 g/mol. The molecule has 1 aromatic heterocycles. The highest BCUT2D eigenvalue weighted by Crippen LogP contribution is 2.41. The van der Waals surface area contributed by atoms with Gasteiger partial charge < -0.3 is 4.74 Å². The second-order valence-electron chi connectivity index (χ2n) is 6.80. The number of fused-ring (bicyclic) bond motifs is 3. The Hall–Kier alpha value is -2.01. The van der Waals surface area contributed by atoms with Gasteiger partial charge in [-0.05, 0) is 50.8 Å². The van der Waals surface area contributed by atoms with E-state index in [4.69, 9.17) is 9.72 Å². The second-order valence-corrected chi connectivity index (χ2v) is 6.80. The zero-order chi connectivity index (χ0) is 16.2. The standard InChI is InChI=1S/C18H20N2O3/c1-11-9-13(12(2)21)15-14(10-11)16(22)20-6-3-18(17(20)19-15)4-7-23-8-5-18/h9-10H,3-8H2,1-2H3. The van der Waals surface area contributed by atoms with Crippen molar-refractivity contribution in [3.63, 3.8) is 0 Å². The molecular weight excluding hydrogens is 292 g/mol. The van der Waals surface area contributed by atoms with E-state index in [1.807, 2.05) is 23.6 Å². The van der Waals surface area contributed by atoms with Crippen LogP contribution in [0.4, 0.5) is 0 Å². The number of hydrogen-bond donors (Lipinski definition) is 0. The smallest absolute Gasteiger partial charge is 0.261 e. The zero-order valence-electron chi connectivity index (χ0n) is 13.5. The van der Waals surface area contributed by atoms with Gasteiger partial charge in [-0.25, -0.2) is 4.98 Å². The molecule has 0 bridgehead atoms. The summed E-state index contributed by atoms with van der Waals surface area (Å²) in [6.07, 6.45) is 2.72. The van der Waals surface area contributed by atoms with E-state index in [-0.39, 0.29) is 16.8 Å². The molecule has 120 valence electrons. The fourth-order valence-corrected chi connectivity index (χ4v) is 4.02. The van der Waals surface area contributed by atoms with Gasteiger partial charge in [0.15, 0.2) is 5.78 Å². The number of rotatable bonds is 1. The summed E-state index contributed by atoms with van der Waals surface area (Å²) in [5, 5.41) is 0.558. The molecule has 0 saturated carbocycles. The molecule has 0 N–H and O–H groups in total. The molecule has 1 spiro atoms. The van der Waals surface area contributed by atoms with Crippen molar-refractivity contribution >= 4 is 16.7 Å². The first kappa shape index (κ1) is 14.6. The van der Waals surface area contributed by atoms with Gasteiger partial charge in [-0.2, -0.15) is 0 Å². The average Bonchev–Trinajstić information content (AvgIpc) is 2.87. The molecule has 2 aromatic rings. The van der Waals surface area contributed by atoms with Crippen molar-refractivity contribution in [2.24, 2.45) is 0 Å². The molecule has 5 heteroatoms. The third kappa shape index (κ3) is 2.06. The minimum absolute atomic E-state index is 0.0143. The minimum Gasteiger partial charge on any atom is -0.381 e. The lowest BCUT2D eigenvalue weighted by molar-refractivity contribution is 0.0492. The van der Waals surface area contributed by atoms with Crippen molar-refractivity contribution < 1.29 is 9.53 Å². The predicted molar refractivity (Wildman–Crippen MR) is 87.1 cm³/mol. The van der Waals surface area contributed by atoms with E-state index in [2.05, 4.69) is 0 Å². The molecule has 2 aliphatic heterocycles. The molecule has 4 rings (SSSR count). The van der Waals surface area contributed by atoms with Crippen LogP contribution in [0, 0.1) is 6.92 Å². The minimum atomic E-state index is -0.0649. The fraction of sp³-hybridized carbons (Fsp3) is 0.500. The summed E-state index contributed by atoms with van der Waals surface area (Å²) in [4.78, 5) is 29.8. The number of hydrogen-bond acceptors (Lipinski definition) is 4. The van der Waals surface area contributed by atoms with Crippen LogP contribution in [0.2, 0.25) is 0 Å². The van der Waals surface area contributed by atoms with Gasteiger partial charge in [0.25, 0.3) is 5.56 Å². The van der Waals surface area contributed by atoms with Crippen molar-refractivity contribution in [2.75, 3.05) is 13.2 Å². The number of carbonyl (C=O) groups excluding carboxylic acids is 1. The Morgan fingerprint density at radius 3 is 2.70 bits per heavy atom. The highest BCUT2D eigenvalue weighted by atomic mass is 16.5. The largest absolute Gasteiger partial charge is 0.381 e. The van der Waals surface area contributed by atoms with Crippen LogP contribution in [0.25, 0.3) is 10.9 Å². The van der Waals surface area contributed by atoms with Crippen LogP contribution in [-0.2, 0) is 16.7 Å². The first-order chi connectivity index (χ1) is 11.0. The summed E-state index contributed by atoms with van der Waals surface area (Å²) < 4.78 is 7.31. The number of aryl methyl sites for hydroxylation is 1.